The molecule has 1 aliphatic rings. The monoisotopic (exact) mass is 342 g/mol. The van der Waals surface area contributed by atoms with Gasteiger partial charge in [-0.15, -0.1) is 0 Å². The predicted molar refractivity (Wildman–Crippen MR) is 95.2 cm³/mol. The Bertz CT molecular complexity index is 892. The van der Waals surface area contributed by atoms with Crippen LogP contribution in [0.3, 0.4) is 0 Å². The van der Waals surface area contributed by atoms with Gasteiger partial charge < -0.3 is 15.1 Å². The van der Waals surface area contributed by atoms with Crippen LogP contribution in [0.25, 0.3) is 22.4 Å². The molecule has 3 heterocycles. The van der Waals surface area contributed by atoms with E-state index in [1.54, 1.807) is 6.20 Å². The van der Waals surface area contributed by atoms with Gasteiger partial charge in [0, 0.05) is 35.9 Å². The number of nitrogens with zero attached hydrogens (tertiary/aromatic N) is 2. The molecular weight excluding hydrogens is 324 g/mol. The van der Waals surface area contributed by atoms with Gasteiger partial charge in [-0.1, -0.05) is 17.7 Å². The van der Waals surface area contributed by atoms with Crippen molar-refractivity contribution in [3.8, 4) is 11.3 Å². The van der Waals surface area contributed by atoms with Crippen molar-refractivity contribution in [2.24, 2.45) is 0 Å². The summed E-state index contributed by atoms with van der Waals surface area (Å²) in [6.07, 6.45) is 1.78. The molecule has 2 unspecified atom stereocenters. The zero-order valence-electron chi connectivity index (χ0n) is 13.6. The fraction of sp³-hybridized carbons (Fsp3) is 0.333. The van der Waals surface area contributed by atoms with Crippen LogP contribution in [-0.2, 0) is 0 Å². The Morgan fingerprint density at radius 3 is 2.88 bits per heavy atom. The van der Waals surface area contributed by atoms with Crippen LogP contribution in [0.15, 0.2) is 34.9 Å². The number of aromatic nitrogens is 2. The van der Waals surface area contributed by atoms with E-state index in [0.717, 1.165) is 41.0 Å². The fourth-order valence-corrected chi connectivity index (χ4v) is 3.43. The van der Waals surface area contributed by atoms with E-state index in [2.05, 4.69) is 27.5 Å². The van der Waals surface area contributed by atoms with Crippen molar-refractivity contribution in [3.05, 3.63) is 46.9 Å². The highest BCUT2D eigenvalue weighted by molar-refractivity contribution is 6.31. The molecule has 0 radical (unpaired) electrons. The third-order valence-electron chi connectivity index (χ3n) is 4.46. The van der Waals surface area contributed by atoms with Crippen LogP contribution in [0.2, 0.25) is 5.02 Å². The first kappa shape index (κ1) is 15.6. The third kappa shape index (κ3) is 2.69. The van der Waals surface area contributed by atoms with E-state index < -0.39 is 0 Å². The highest BCUT2D eigenvalue weighted by Crippen LogP contribution is 2.34. The van der Waals surface area contributed by atoms with Gasteiger partial charge in [0.1, 0.15) is 5.52 Å². The molecule has 1 saturated heterocycles. The standard InChI is InChI=1S/C18H19ClN4O/c1-10-4-3-5-21-15(10)13-8-12(19)9-14-17(13)24-18(23-14)16-11(2)20-6-7-22-16/h3-5,8-9,11,16,20,22H,6-7H2,1-2H3. The third-order valence-corrected chi connectivity index (χ3v) is 4.68. The number of rotatable bonds is 2. The molecule has 0 amide bonds. The van der Waals surface area contributed by atoms with Gasteiger partial charge in [0.2, 0.25) is 5.89 Å². The summed E-state index contributed by atoms with van der Waals surface area (Å²) in [5, 5.41) is 7.53. The first-order valence-electron chi connectivity index (χ1n) is 8.12. The van der Waals surface area contributed by atoms with Crippen LogP contribution >= 0.6 is 11.6 Å². The first-order valence-corrected chi connectivity index (χ1v) is 8.50. The van der Waals surface area contributed by atoms with E-state index in [1.165, 1.54) is 0 Å². The summed E-state index contributed by atoms with van der Waals surface area (Å²) in [6, 6.07) is 7.98. The van der Waals surface area contributed by atoms with E-state index >= 15 is 0 Å². The number of hydrogen-bond acceptors (Lipinski definition) is 5. The molecule has 1 fully saturated rings. The molecule has 1 aliphatic heterocycles. The zero-order valence-corrected chi connectivity index (χ0v) is 14.4. The average Bonchev–Trinajstić information content (AvgIpc) is 2.98. The van der Waals surface area contributed by atoms with E-state index in [0.29, 0.717) is 10.9 Å². The van der Waals surface area contributed by atoms with Crippen molar-refractivity contribution >= 4 is 22.7 Å². The second kappa shape index (κ2) is 6.16. The lowest BCUT2D eigenvalue weighted by Crippen LogP contribution is -2.49. The number of nitrogens with one attached hydrogen (secondary N) is 2. The van der Waals surface area contributed by atoms with Gasteiger partial charge in [0.05, 0.1) is 11.7 Å². The van der Waals surface area contributed by atoms with E-state index in [1.807, 2.05) is 31.2 Å². The highest BCUT2D eigenvalue weighted by Gasteiger charge is 2.27. The van der Waals surface area contributed by atoms with Crippen molar-refractivity contribution in [2.75, 3.05) is 13.1 Å². The molecule has 0 bridgehead atoms. The Hall–Kier alpha value is -1.95. The van der Waals surface area contributed by atoms with Crippen LogP contribution in [0, 0.1) is 6.92 Å². The minimum Gasteiger partial charge on any atom is -0.438 e. The number of piperazine rings is 1. The topological polar surface area (TPSA) is 63.0 Å². The van der Waals surface area contributed by atoms with Gasteiger partial charge in [0.25, 0.3) is 0 Å². The minimum atomic E-state index is 0.0441. The fourth-order valence-electron chi connectivity index (χ4n) is 3.22. The summed E-state index contributed by atoms with van der Waals surface area (Å²) in [7, 11) is 0. The van der Waals surface area contributed by atoms with Crippen LogP contribution in [0.1, 0.15) is 24.4 Å². The number of aryl methyl sites for hydroxylation is 1. The van der Waals surface area contributed by atoms with Gasteiger partial charge in [-0.2, -0.15) is 0 Å². The number of benzene rings is 1. The second-order valence-electron chi connectivity index (χ2n) is 6.20. The van der Waals surface area contributed by atoms with Crippen molar-refractivity contribution in [2.45, 2.75) is 25.9 Å². The molecule has 6 heteroatoms. The van der Waals surface area contributed by atoms with E-state index in [-0.39, 0.29) is 12.1 Å². The van der Waals surface area contributed by atoms with Crippen LogP contribution in [-0.4, -0.2) is 29.1 Å². The maximum atomic E-state index is 6.31. The lowest BCUT2D eigenvalue weighted by Gasteiger charge is -2.28. The van der Waals surface area contributed by atoms with Gasteiger partial charge in [-0.3, -0.25) is 4.98 Å². The minimum absolute atomic E-state index is 0.0441. The molecule has 0 aliphatic carbocycles. The molecule has 2 N–H and O–H groups in total. The Balaban J connectivity index is 1.88. The summed E-state index contributed by atoms with van der Waals surface area (Å²) in [6.45, 7) is 5.99. The van der Waals surface area contributed by atoms with Crippen LogP contribution in [0.5, 0.6) is 0 Å². The summed E-state index contributed by atoms with van der Waals surface area (Å²) in [5.41, 5.74) is 4.32. The highest BCUT2D eigenvalue weighted by atomic mass is 35.5. The Kier molecular flexibility index (Phi) is 4.00. The number of hydrogen-bond donors (Lipinski definition) is 2. The molecule has 124 valence electrons. The van der Waals surface area contributed by atoms with Crippen molar-refractivity contribution in [1.82, 2.24) is 20.6 Å². The van der Waals surface area contributed by atoms with Crippen LogP contribution < -0.4 is 10.6 Å². The largest absolute Gasteiger partial charge is 0.438 e. The molecule has 1 aromatic carbocycles. The molecule has 3 aromatic rings. The normalized spacial score (nSPS) is 21.3. The van der Waals surface area contributed by atoms with Gasteiger partial charge in [-0.05, 0) is 37.6 Å². The summed E-state index contributed by atoms with van der Waals surface area (Å²) >= 11 is 6.31. The summed E-state index contributed by atoms with van der Waals surface area (Å²) in [4.78, 5) is 9.18. The van der Waals surface area contributed by atoms with Crippen molar-refractivity contribution in [1.29, 1.82) is 0 Å². The maximum absolute atomic E-state index is 6.31. The smallest absolute Gasteiger partial charge is 0.214 e. The summed E-state index contributed by atoms with van der Waals surface area (Å²) < 4.78 is 6.16. The second-order valence-corrected chi connectivity index (χ2v) is 6.63. The molecule has 4 rings (SSSR count). The molecule has 24 heavy (non-hydrogen) atoms. The summed E-state index contributed by atoms with van der Waals surface area (Å²) in [5.74, 6) is 0.682. The molecule has 2 atom stereocenters. The molecule has 2 aromatic heterocycles. The first-order chi connectivity index (χ1) is 11.6. The molecule has 5 nitrogen and oxygen atoms in total. The maximum Gasteiger partial charge on any atom is 0.214 e. The average molecular weight is 343 g/mol. The number of fused-ring (bicyclic) bond motifs is 1. The van der Waals surface area contributed by atoms with Gasteiger partial charge >= 0.3 is 0 Å². The predicted octanol–water partition coefficient (Wildman–Crippen LogP) is 3.47. The van der Waals surface area contributed by atoms with Crippen LogP contribution in [0.4, 0.5) is 0 Å². The van der Waals surface area contributed by atoms with Gasteiger partial charge in [0.15, 0.2) is 5.58 Å². The van der Waals surface area contributed by atoms with Crippen molar-refractivity contribution in [3.63, 3.8) is 0 Å². The Morgan fingerprint density at radius 1 is 1.25 bits per heavy atom. The molecule has 0 spiro atoms. The quantitative estimate of drug-likeness (QED) is 0.746. The Labute approximate surface area is 145 Å². The van der Waals surface area contributed by atoms with E-state index in [9.17, 15) is 0 Å². The lowest BCUT2D eigenvalue weighted by atomic mass is 10.1. The van der Waals surface area contributed by atoms with E-state index in [4.69, 9.17) is 16.0 Å². The number of pyridine rings is 1. The SMILES string of the molecule is Cc1cccnc1-c1cc(Cl)cc2nc(C3NCCNC3C)oc12. The number of oxazole rings is 1. The lowest BCUT2D eigenvalue weighted by molar-refractivity contribution is 0.298. The van der Waals surface area contributed by atoms with Crippen molar-refractivity contribution < 1.29 is 4.42 Å². The number of halogens is 1. The van der Waals surface area contributed by atoms with Gasteiger partial charge in [-0.25, -0.2) is 4.98 Å². The molecule has 0 saturated carbocycles. The zero-order chi connectivity index (χ0) is 16.7. The Morgan fingerprint density at radius 2 is 2.08 bits per heavy atom. The molecular formula is C18H19ClN4O.